The van der Waals surface area contributed by atoms with Crippen LogP contribution in [0.3, 0.4) is 0 Å². The van der Waals surface area contributed by atoms with E-state index in [4.69, 9.17) is 5.73 Å². The molecule has 2 aromatic carbocycles. The summed E-state index contributed by atoms with van der Waals surface area (Å²) in [6.07, 6.45) is 4.46. The summed E-state index contributed by atoms with van der Waals surface area (Å²) in [5, 5.41) is 14.8. The molecule has 1 saturated heterocycles. The summed E-state index contributed by atoms with van der Waals surface area (Å²) >= 11 is 0. The second-order valence-corrected chi connectivity index (χ2v) is 6.73. The first-order valence-electron chi connectivity index (χ1n) is 8.83. The number of nitrogens with two attached hydrogens (primary N) is 1. The van der Waals surface area contributed by atoms with Gasteiger partial charge in [-0.3, -0.25) is 4.98 Å². The van der Waals surface area contributed by atoms with E-state index in [2.05, 4.69) is 28.5 Å². The second-order valence-electron chi connectivity index (χ2n) is 6.73. The fourth-order valence-corrected chi connectivity index (χ4v) is 3.55. The van der Waals surface area contributed by atoms with E-state index in [9.17, 15) is 10.1 Å². The van der Waals surface area contributed by atoms with E-state index < -0.39 is 0 Å². The molecule has 134 valence electrons. The number of anilines is 1. The summed E-state index contributed by atoms with van der Waals surface area (Å²) in [4.78, 5) is 17.3. The molecule has 0 aliphatic carbocycles. The molecule has 0 saturated carbocycles. The lowest BCUT2D eigenvalue weighted by molar-refractivity contribution is 0.218. The summed E-state index contributed by atoms with van der Waals surface area (Å²) in [7, 11) is 0. The number of fused-ring (bicyclic) bond motifs is 1. The summed E-state index contributed by atoms with van der Waals surface area (Å²) in [6, 6.07) is 15.7. The van der Waals surface area contributed by atoms with Crippen molar-refractivity contribution in [3.05, 3.63) is 60.4 Å². The summed E-state index contributed by atoms with van der Waals surface area (Å²) in [5.41, 5.74) is 9.00. The largest absolute Gasteiger partial charge is 0.380 e. The van der Waals surface area contributed by atoms with Crippen LogP contribution in [0.2, 0.25) is 0 Å². The molecule has 0 radical (unpaired) electrons. The number of hydrogen-bond acceptors (Lipinski definition) is 4. The predicted molar refractivity (Wildman–Crippen MR) is 105 cm³/mol. The molecule has 0 bridgehead atoms. The molecule has 1 aliphatic rings. The van der Waals surface area contributed by atoms with Gasteiger partial charge in [0.2, 0.25) is 0 Å². The lowest BCUT2D eigenvalue weighted by atomic mass is 9.99. The fraction of sp³-hybridized carbons (Fsp3) is 0.190. The lowest BCUT2D eigenvalue weighted by Crippen LogP contribution is -2.35. The minimum absolute atomic E-state index is 0.140. The summed E-state index contributed by atoms with van der Waals surface area (Å²) < 4.78 is 0. The number of rotatable bonds is 3. The highest BCUT2D eigenvalue weighted by atomic mass is 16.2. The number of primary amides is 1. The van der Waals surface area contributed by atoms with Crippen molar-refractivity contribution >= 4 is 22.5 Å². The zero-order valence-electron chi connectivity index (χ0n) is 14.7. The van der Waals surface area contributed by atoms with Crippen LogP contribution in [0.15, 0.2) is 54.9 Å². The minimum atomic E-state index is -0.382. The fourth-order valence-electron chi connectivity index (χ4n) is 3.55. The quantitative estimate of drug-likeness (QED) is 0.751. The number of amides is 2. The molecule has 6 heteroatoms. The van der Waals surface area contributed by atoms with E-state index in [0.29, 0.717) is 18.7 Å². The Balaban J connectivity index is 1.73. The van der Waals surface area contributed by atoms with Crippen LogP contribution in [-0.4, -0.2) is 35.0 Å². The molecule has 1 aromatic heterocycles. The minimum Gasteiger partial charge on any atom is -0.380 e. The number of hydrogen-bond donors (Lipinski definition) is 2. The number of carbonyl (C=O) groups excluding carboxylic acids is 1. The Hall–Kier alpha value is -3.59. The average Bonchev–Trinajstić information content (AvgIpc) is 3.17. The van der Waals surface area contributed by atoms with Gasteiger partial charge in [-0.1, -0.05) is 12.1 Å². The molecule has 27 heavy (non-hydrogen) atoms. The first-order valence-corrected chi connectivity index (χ1v) is 8.83. The van der Waals surface area contributed by atoms with Gasteiger partial charge < -0.3 is 16.0 Å². The van der Waals surface area contributed by atoms with Gasteiger partial charge in [0.15, 0.2) is 0 Å². The van der Waals surface area contributed by atoms with E-state index in [-0.39, 0.29) is 12.1 Å². The molecule has 3 aromatic rings. The molecular weight excluding hydrogens is 338 g/mol. The number of nitrogens with one attached hydrogen (secondary N) is 1. The molecule has 2 heterocycles. The van der Waals surface area contributed by atoms with Crippen molar-refractivity contribution in [2.45, 2.75) is 12.5 Å². The number of likely N-dealkylation sites (tertiary alicyclic amines) is 1. The highest BCUT2D eigenvalue weighted by Gasteiger charge is 2.25. The van der Waals surface area contributed by atoms with E-state index in [1.807, 2.05) is 30.5 Å². The van der Waals surface area contributed by atoms with Gasteiger partial charge in [-0.25, -0.2) is 4.79 Å². The van der Waals surface area contributed by atoms with Crippen LogP contribution in [0.4, 0.5) is 10.5 Å². The van der Waals surface area contributed by atoms with Crippen LogP contribution in [0.1, 0.15) is 12.0 Å². The monoisotopic (exact) mass is 357 g/mol. The van der Waals surface area contributed by atoms with Crippen LogP contribution in [0.5, 0.6) is 0 Å². The van der Waals surface area contributed by atoms with Gasteiger partial charge in [0.25, 0.3) is 0 Å². The van der Waals surface area contributed by atoms with Crippen molar-refractivity contribution in [3.63, 3.8) is 0 Å². The van der Waals surface area contributed by atoms with Gasteiger partial charge in [-0.15, -0.1) is 0 Å². The van der Waals surface area contributed by atoms with Gasteiger partial charge in [-0.2, -0.15) is 5.26 Å². The van der Waals surface area contributed by atoms with Crippen LogP contribution < -0.4 is 11.1 Å². The van der Waals surface area contributed by atoms with Crippen LogP contribution >= 0.6 is 0 Å². The van der Waals surface area contributed by atoms with Crippen molar-refractivity contribution in [2.24, 2.45) is 5.73 Å². The Kier molecular flexibility index (Phi) is 4.35. The zero-order valence-corrected chi connectivity index (χ0v) is 14.7. The second kappa shape index (κ2) is 6.96. The van der Waals surface area contributed by atoms with E-state index in [1.165, 1.54) is 0 Å². The number of urea groups is 1. The highest BCUT2D eigenvalue weighted by Crippen LogP contribution is 2.32. The molecule has 1 aliphatic heterocycles. The van der Waals surface area contributed by atoms with Gasteiger partial charge in [-0.05, 0) is 53.3 Å². The Labute approximate surface area is 157 Å². The predicted octanol–water partition coefficient (Wildman–Crippen LogP) is 3.34. The normalized spacial score (nSPS) is 16.3. The molecule has 1 atom stereocenters. The maximum absolute atomic E-state index is 11.4. The first-order chi connectivity index (χ1) is 13.1. The Morgan fingerprint density at radius 2 is 2.15 bits per heavy atom. The third-order valence-electron chi connectivity index (χ3n) is 4.94. The molecule has 6 nitrogen and oxygen atoms in total. The molecule has 2 amide bonds. The van der Waals surface area contributed by atoms with Crippen LogP contribution in [0, 0.1) is 11.3 Å². The molecule has 3 N–H and O–H groups in total. The summed E-state index contributed by atoms with van der Waals surface area (Å²) in [6.45, 7) is 1.25. The smallest absolute Gasteiger partial charge is 0.314 e. The molecule has 1 fully saturated rings. The van der Waals surface area contributed by atoms with Crippen LogP contribution in [-0.2, 0) is 0 Å². The number of benzene rings is 2. The summed E-state index contributed by atoms with van der Waals surface area (Å²) in [5.74, 6) is 0. The van der Waals surface area contributed by atoms with Gasteiger partial charge in [0, 0.05) is 42.6 Å². The number of carbonyl (C=O) groups is 1. The average molecular weight is 357 g/mol. The van der Waals surface area contributed by atoms with Crippen molar-refractivity contribution < 1.29 is 4.79 Å². The first kappa shape index (κ1) is 16.9. The maximum Gasteiger partial charge on any atom is 0.314 e. The van der Waals surface area contributed by atoms with Crippen molar-refractivity contribution in [2.75, 3.05) is 18.4 Å². The Bertz CT molecular complexity index is 1060. The molecular formula is C21H19N5O. The Morgan fingerprint density at radius 1 is 1.26 bits per heavy atom. The molecule has 4 rings (SSSR count). The zero-order chi connectivity index (χ0) is 18.8. The third-order valence-corrected chi connectivity index (χ3v) is 4.94. The lowest BCUT2D eigenvalue weighted by Gasteiger charge is -2.18. The van der Waals surface area contributed by atoms with Gasteiger partial charge in [0.1, 0.15) is 0 Å². The van der Waals surface area contributed by atoms with Gasteiger partial charge >= 0.3 is 6.03 Å². The number of aromatic nitrogens is 1. The molecule has 0 spiro atoms. The Morgan fingerprint density at radius 3 is 2.93 bits per heavy atom. The van der Waals surface area contributed by atoms with Gasteiger partial charge in [0.05, 0.1) is 11.6 Å². The van der Waals surface area contributed by atoms with E-state index in [0.717, 1.165) is 34.0 Å². The van der Waals surface area contributed by atoms with Crippen molar-refractivity contribution in [1.29, 1.82) is 5.26 Å². The maximum atomic E-state index is 11.4. The number of pyridine rings is 1. The van der Waals surface area contributed by atoms with E-state index >= 15 is 0 Å². The molecule has 1 unspecified atom stereocenters. The third kappa shape index (κ3) is 3.40. The standard InChI is InChI=1S/C21H19N5O/c22-11-14-2-1-3-15(8-14)17-9-16-4-6-24-12-19(16)20(10-17)25-18-5-7-26(13-18)21(23)27/h1-4,6,8-10,12,18,25H,5,7,13H2,(H2,23,27). The van der Waals surface area contributed by atoms with Crippen LogP contribution in [0.25, 0.3) is 21.9 Å². The van der Waals surface area contributed by atoms with Crippen molar-refractivity contribution in [1.82, 2.24) is 9.88 Å². The SMILES string of the molecule is N#Cc1cccc(-c2cc(NC3CCN(C(N)=O)C3)c3cnccc3c2)c1. The number of nitrogens with zero attached hydrogens (tertiary/aromatic N) is 3. The highest BCUT2D eigenvalue weighted by molar-refractivity contribution is 5.97. The number of nitriles is 1. The topological polar surface area (TPSA) is 95.0 Å². The van der Waals surface area contributed by atoms with E-state index in [1.54, 1.807) is 17.2 Å². The van der Waals surface area contributed by atoms with Crippen molar-refractivity contribution in [3.8, 4) is 17.2 Å².